The highest BCUT2D eigenvalue weighted by molar-refractivity contribution is 5.85. The molecule has 0 aromatic heterocycles. The minimum atomic E-state index is -0.0677. The Hall–Kier alpha value is -6.44. The van der Waals surface area contributed by atoms with E-state index in [0.717, 1.165) is 32.1 Å². The molecule has 0 fully saturated rings. The van der Waals surface area contributed by atoms with Crippen LogP contribution in [0.1, 0.15) is 73.8 Å². The van der Waals surface area contributed by atoms with E-state index in [9.17, 15) is 0 Å². The first-order chi connectivity index (χ1) is 28.5. The van der Waals surface area contributed by atoms with Gasteiger partial charge >= 0.3 is 0 Å². The molecule has 1 atom stereocenters. The Morgan fingerprint density at radius 2 is 1.14 bits per heavy atom. The van der Waals surface area contributed by atoms with Gasteiger partial charge in [-0.05, 0) is 123 Å². The van der Waals surface area contributed by atoms with Crippen molar-refractivity contribution in [1.29, 1.82) is 0 Å². The summed E-state index contributed by atoms with van der Waals surface area (Å²) in [7, 11) is 0. The van der Waals surface area contributed by atoms with Crippen LogP contribution in [0, 0.1) is 5.92 Å². The second-order valence-electron chi connectivity index (χ2n) is 16.7. The number of fused-ring (bicyclic) bond motifs is 3. The van der Waals surface area contributed by atoms with Crippen LogP contribution in [0.2, 0.25) is 0 Å². The van der Waals surface area contributed by atoms with Gasteiger partial charge in [-0.15, -0.1) is 0 Å². The molecular weight excluding hydrogens is 699 g/mol. The third kappa shape index (κ3) is 6.65. The maximum absolute atomic E-state index is 2.62. The molecule has 282 valence electrons. The molecular formula is C57H49N. The lowest BCUT2D eigenvalue weighted by molar-refractivity contribution is 0.660. The molecule has 0 radical (unpaired) electrons. The molecule has 0 saturated carbocycles. The van der Waals surface area contributed by atoms with E-state index in [0.29, 0.717) is 5.92 Å². The van der Waals surface area contributed by atoms with Crippen LogP contribution in [0.4, 0.5) is 5.69 Å². The maximum atomic E-state index is 2.62. The van der Waals surface area contributed by atoms with E-state index >= 15 is 0 Å². The molecule has 1 unspecified atom stereocenters. The van der Waals surface area contributed by atoms with Crippen molar-refractivity contribution < 1.29 is 0 Å². The number of allylic oxidation sites excluding steroid dienone is 12. The van der Waals surface area contributed by atoms with Crippen molar-refractivity contribution in [3.8, 4) is 22.3 Å². The molecule has 0 spiro atoms. The Kier molecular flexibility index (Phi) is 9.38. The summed E-state index contributed by atoms with van der Waals surface area (Å²) >= 11 is 0. The van der Waals surface area contributed by atoms with E-state index in [-0.39, 0.29) is 5.41 Å². The molecule has 6 aromatic rings. The lowest BCUT2D eigenvalue weighted by Crippen LogP contribution is -2.26. The fourth-order valence-electron chi connectivity index (χ4n) is 9.81. The molecule has 0 bridgehead atoms. The second kappa shape index (κ2) is 15.1. The molecule has 0 N–H and O–H groups in total. The third-order valence-corrected chi connectivity index (χ3v) is 12.9. The topological polar surface area (TPSA) is 3.24 Å². The highest BCUT2D eigenvalue weighted by Gasteiger charge is 2.36. The average molecular weight is 748 g/mol. The van der Waals surface area contributed by atoms with Crippen LogP contribution >= 0.6 is 0 Å². The van der Waals surface area contributed by atoms with Gasteiger partial charge in [0.25, 0.3) is 0 Å². The zero-order chi connectivity index (χ0) is 39.1. The lowest BCUT2D eigenvalue weighted by atomic mass is 9.79. The van der Waals surface area contributed by atoms with E-state index in [1.807, 2.05) is 0 Å². The maximum Gasteiger partial charge on any atom is 0.0458 e. The second-order valence-corrected chi connectivity index (χ2v) is 16.7. The van der Waals surface area contributed by atoms with Crippen LogP contribution in [0.25, 0.3) is 39.0 Å². The van der Waals surface area contributed by atoms with Crippen molar-refractivity contribution in [2.24, 2.45) is 5.92 Å². The molecule has 6 aromatic carbocycles. The monoisotopic (exact) mass is 747 g/mol. The Morgan fingerprint density at radius 1 is 0.517 bits per heavy atom. The number of nitrogens with zero attached hydrogens (tertiary/aromatic N) is 1. The highest BCUT2D eigenvalue weighted by Crippen LogP contribution is 2.51. The molecule has 0 heterocycles. The number of hydrogen-bond donors (Lipinski definition) is 0. The van der Waals surface area contributed by atoms with Gasteiger partial charge in [-0.1, -0.05) is 189 Å². The van der Waals surface area contributed by atoms with Crippen LogP contribution in [-0.2, 0) is 5.41 Å². The molecule has 0 amide bonds. The fourth-order valence-corrected chi connectivity index (χ4v) is 9.81. The van der Waals surface area contributed by atoms with E-state index < -0.39 is 0 Å². The predicted molar refractivity (Wildman–Crippen MR) is 246 cm³/mol. The summed E-state index contributed by atoms with van der Waals surface area (Å²) in [6.07, 6.45) is 19.6. The van der Waals surface area contributed by atoms with Crippen molar-refractivity contribution in [3.63, 3.8) is 0 Å². The largest absolute Gasteiger partial charge is 0.318 e. The minimum absolute atomic E-state index is 0.0677. The van der Waals surface area contributed by atoms with Crippen molar-refractivity contribution in [2.45, 2.75) is 51.4 Å². The van der Waals surface area contributed by atoms with Crippen LogP contribution in [-0.4, -0.2) is 0 Å². The average Bonchev–Trinajstić information content (AvgIpc) is 3.53. The Balaban J connectivity index is 1.03. The zero-order valence-corrected chi connectivity index (χ0v) is 33.5. The number of benzene rings is 6. The van der Waals surface area contributed by atoms with E-state index in [2.05, 4.69) is 213 Å². The Bertz CT molecular complexity index is 2680. The molecule has 58 heavy (non-hydrogen) atoms. The molecule has 1 nitrogen and oxygen atoms in total. The summed E-state index contributed by atoms with van der Waals surface area (Å²) in [5, 5.41) is 0. The van der Waals surface area contributed by atoms with Gasteiger partial charge in [0.05, 0.1) is 0 Å². The molecule has 0 saturated heterocycles. The quantitative estimate of drug-likeness (QED) is 0.150. The molecule has 0 aliphatic heterocycles. The number of anilines is 1. The number of rotatable bonds is 8. The molecule has 4 aliphatic rings. The van der Waals surface area contributed by atoms with E-state index in [1.165, 1.54) is 89.4 Å². The summed E-state index contributed by atoms with van der Waals surface area (Å²) in [5.41, 5.74) is 21.5. The van der Waals surface area contributed by atoms with Gasteiger partial charge in [-0.2, -0.15) is 0 Å². The van der Waals surface area contributed by atoms with E-state index in [1.54, 1.807) is 0 Å². The summed E-state index contributed by atoms with van der Waals surface area (Å²) < 4.78 is 0. The lowest BCUT2D eigenvalue weighted by Gasteiger charge is -2.36. The van der Waals surface area contributed by atoms with Gasteiger partial charge in [0, 0.05) is 28.4 Å². The molecule has 10 rings (SSSR count). The van der Waals surface area contributed by atoms with Crippen molar-refractivity contribution in [2.75, 3.05) is 4.90 Å². The summed E-state index contributed by atoms with van der Waals surface area (Å²) in [5.74, 6) is 0.360. The van der Waals surface area contributed by atoms with Gasteiger partial charge in [0.2, 0.25) is 0 Å². The first-order valence-corrected chi connectivity index (χ1v) is 21.0. The van der Waals surface area contributed by atoms with Gasteiger partial charge < -0.3 is 4.90 Å². The van der Waals surface area contributed by atoms with Crippen molar-refractivity contribution >= 4 is 22.4 Å². The number of hydrogen-bond acceptors (Lipinski definition) is 1. The first-order valence-electron chi connectivity index (χ1n) is 21.0. The van der Waals surface area contributed by atoms with Gasteiger partial charge in [-0.3, -0.25) is 0 Å². The van der Waals surface area contributed by atoms with Gasteiger partial charge in [0.15, 0.2) is 0 Å². The normalized spacial score (nSPS) is 18.1. The zero-order valence-electron chi connectivity index (χ0n) is 33.5. The highest BCUT2D eigenvalue weighted by atomic mass is 15.2. The van der Waals surface area contributed by atoms with Crippen LogP contribution < -0.4 is 4.90 Å². The fraction of sp³-hybridized carbons (Fsp3) is 0.158. The summed E-state index contributed by atoms with van der Waals surface area (Å²) in [4.78, 5) is 2.62. The summed E-state index contributed by atoms with van der Waals surface area (Å²) in [6.45, 7) is 4.78. The van der Waals surface area contributed by atoms with Crippen LogP contribution in [0.15, 0.2) is 211 Å². The molecule has 1 heteroatoms. The Morgan fingerprint density at radius 3 is 1.83 bits per heavy atom. The Labute approximate surface area is 344 Å². The van der Waals surface area contributed by atoms with Gasteiger partial charge in [0.1, 0.15) is 0 Å². The first kappa shape index (κ1) is 35.9. The van der Waals surface area contributed by atoms with E-state index in [4.69, 9.17) is 0 Å². The third-order valence-electron chi connectivity index (χ3n) is 12.9. The van der Waals surface area contributed by atoms with Crippen molar-refractivity contribution in [3.05, 3.63) is 239 Å². The SMILES string of the molecule is CC1(C)c2ccccc2-c2ccc(N(C3=CC=C(c4ccccc4)CC3)C3=CC(c4ccccc4)=C(C4C=CC(c5ccc(-c6ccccc6)cc5)=CC4)CC3)cc21. The smallest absolute Gasteiger partial charge is 0.0458 e. The minimum Gasteiger partial charge on any atom is -0.318 e. The van der Waals surface area contributed by atoms with Crippen LogP contribution in [0.3, 0.4) is 0 Å². The summed E-state index contributed by atoms with van der Waals surface area (Å²) in [6, 6.07) is 57.9. The standard InChI is InChI=1S/C57H49N/c1-57(2)55-21-13-12-20-52(55)53-37-35-50(39-56(53)57)58(48-32-30-45(31-33-48)41-16-8-4-9-17-41)49-34-36-51(54(38-49)46-18-10-5-11-19-46)47-28-26-44(27-29-47)43-24-22-42(23-25-43)40-14-6-3-7-15-40/h3-28,30,32,35,37-39,47H,29,31,33-34,36H2,1-2H3. The van der Waals surface area contributed by atoms with Crippen molar-refractivity contribution in [1.82, 2.24) is 0 Å². The van der Waals surface area contributed by atoms with Gasteiger partial charge in [-0.25, -0.2) is 0 Å². The van der Waals surface area contributed by atoms with Crippen LogP contribution in [0.5, 0.6) is 0 Å². The molecule has 4 aliphatic carbocycles. The predicted octanol–water partition coefficient (Wildman–Crippen LogP) is 15.0.